The maximum Gasteiger partial charge on any atom is 0.0639 e. The van der Waals surface area contributed by atoms with Crippen LogP contribution in [0.5, 0.6) is 0 Å². The number of hydrogen-bond donors (Lipinski definition) is 1. The number of rotatable bonds is 4. The molecule has 1 N–H and O–H groups in total. The molecule has 0 spiro atoms. The Kier molecular flexibility index (Phi) is 4.58. The Morgan fingerprint density at radius 2 is 2.21 bits per heavy atom. The van der Waals surface area contributed by atoms with Crippen molar-refractivity contribution in [2.24, 2.45) is 0 Å². The van der Waals surface area contributed by atoms with E-state index in [1.807, 2.05) is 19.2 Å². The van der Waals surface area contributed by atoms with Gasteiger partial charge in [-0.15, -0.1) is 0 Å². The SMILES string of the molecule is C[C@H](O)CN(C)Cc1cccc(Br)c1. The van der Waals surface area contributed by atoms with E-state index in [2.05, 4.69) is 33.0 Å². The fourth-order valence-corrected chi connectivity index (χ4v) is 1.91. The number of benzene rings is 1. The summed E-state index contributed by atoms with van der Waals surface area (Å²) in [6.45, 7) is 3.37. The Labute approximate surface area is 93.7 Å². The van der Waals surface area contributed by atoms with Crippen LogP contribution in [0.3, 0.4) is 0 Å². The third kappa shape index (κ3) is 4.22. The molecule has 0 amide bonds. The summed E-state index contributed by atoms with van der Waals surface area (Å²) in [5.74, 6) is 0. The highest BCUT2D eigenvalue weighted by Gasteiger charge is 2.03. The number of halogens is 1. The normalized spacial score (nSPS) is 13.2. The minimum Gasteiger partial charge on any atom is -0.392 e. The lowest BCUT2D eigenvalue weighted by Gasteiger charge is -2.18. The molecule has 1 aromatic rings. The maximum absolute atomic E-state index is 9.20. The predicted octanol–water partition coefficient (Wildman–Crippen LogP) is 2.26. The van der Waals surface area contributed by atoms with Gasteiger partial charge in [0.05, 0.1) is 6.10 Å². The van der Waals surface area contributed by atoms with Gasteiger partial charge in [0.25, 0.3) is 0 Å². The molecule has 0 aromatic heterocycles. The van der Waals surface area contributed by atoms with Crippen molar-refractivity contribution in [3.8, 4) is 0 Å². The van der Waals surface area contributed by atoms with Crippen LogP contribution in [0.2, 0.25) is 0 Å². The van der Waals surface area contributed by atoms with E-state index in [4.69, 9.17) is 0 Å². The second-order valence-corrected chi connectivity index (χ2v) is 4.59. The van der Waals surface area contributed by atoms with Crippen LogP contribution in [0.15, 0.2) is 28.7 Å². The summed E-state index contributed by atoms with van der Waals surface area (Å²) in [5, 5.41) is 9.20. The molecule has 14 heavy (non-hydrogen) atoms. The summed E-state index contributed by atoms with van der Waals surface area (Å²) in [5.41, 5.74) is 1.25. The highest BCUT2D eigenvalue weighted by atomic mass is 79.9. The number of hydrogen-bond acceptors (Lipinski definition) is 2. The van der Waals surface area contributed by atoms with E-state index in [-0.39, 0.29) is 6.10 Å². The average molecular weight is 258 g/mol. The molecule has 1 atom stereocenters. The molecule has 0 aliphatic carbocycles. The van der Waals surface area contributed by atoms with Crippen LogP contribution >= 0.6 is 15.9 Å². The van der Waals surface area contributed by atoms with Crippen LogP contribution in [0.4, 0.5) is 0 Å². The van der Waals surface area contributed by atoms with Gasteiger partial charge >= 0.3 is 0 Å². The largest absolute Gasteiger partial charge is 0.392 e. The number of nitrogens with zero attached hydrogens (tertiary/aromatic N) is 1. The molecular formula is C11H16BrNO. The van der Waals surface area contributed by atoms with Crippen LogP contribution in [0.25, 0.3) is 0 Å². The quantitative estimate of drug-likeness (QED) is 0.895. The van der Waals surface area contributed by atoms with Gasteiger partial charge in [0, 0.05) is 17.6 Å². The number of likely N-dealkylation sites (N-methyl/N-ethyl adjacent to an activating group) is 1. The van der Waals surface area contributed by atoms with Gasteiger partial charge in [-0.2, -0.15) is 0 Å². The molecule has 78 valence electrons. The van der Waals surface area contributed by atoms with Crippen LogP contribution in [-0.2, 0) is 6.54 Å². The minimum absolute atomic E-state index is 0.271. The van der Waals surface area contributed by atoms with Crippen molar-refractivity contribution in [3.05, 3.63) is 34.3 Å². The zero-order valence-corrected chi connectivity index (χ0v) is 10.2. The zero-order valence-electron chi connectivity index (χ0n) is 8.57. The zero-order chi connectivity index (χ0) is 10.6. The molecule has 0 unspecified atom stereocenters. The predicted molar refractivity (Wildman–Crippen MR) is 62.2 cm³/mol. The van der Waals surface area contributed by atoms with Crippen molar-refractivity contribution in [1.82, 2.24) is 4.90 Å². The molecule has 1 rings (SSSR count). The van der Waals surface area contributed by atoms with Crippen LogP contribution in [0, 0.1) is 0 Å². The van der Waals surface area contributed by atoms with E-state index < -0.39 is 0 Å². The Morgan fingerprint density at radius 3 is 2.79 bits per heavy atom. The van der Waals surface area contributed by atoms with Gasteiger partial charge < -0.3 is 5.11 Å². The first kappa shape index (κ1) is 11.7. The van der Waals surface area contributed by atoms with Crippen molar-refractivity contribution in [2.45, 2.75) is 19.6 Å². The smallest absolute Gasteiger partial charge is 0.0639 e. The number of aliphatic hydroxyl groups is 1. The lowest BCUT2D eigenvalue weighted by atomic mass is 10.2. The Hall–Kier alpha value is -0.380. The number of aliphatic hydroxyl groups excluding tert-OH is 1. The topological polar surface area (TPSA) is 23.5 Å². The summed E-state index contributed by atoms with van der Waals surface area (Å²) in [7, 11) is 2.01. The van der Waals surface area contributed by atoms with E-state index in [1.165, 1.54) is 5.56 Å². The van der Waals surface area contributed by atoms with Gasteiger partial charge in [0.15, 0.2) is 0 Å². The lowest BCUT2D eigenvalue weighted by molar-refractivity contribution is 0.138. The monoisotopic (exact) mass is 257 g/mol. The van der Waals surface area contributed by atoms with E-state index in [1.54, 1.807) is 6.92 Å². The second kappa shape index (κ2) is 5.49. The summed E-state index contributed by atoms with van der Waals surface area (Å²) in [6.07, 6.45) is -0.271. The van der Waals surface area contributed by atoms with Gasteiger partial charge in [0.1, 0.15) is 0 Å². The lowest BCUT2D eigenvalue weighted by Crippen LogP contribution is -2.26. The maximum atomic E-state index is 9.20. The van der Waals surface area contributed by atoms with Gasteiger partial charge in [-0.3, -0.25) is 4.90 Å². The average Bonchev–Trinajstić information content (AvgIpc) is 2.01. The molecule has 2 nitrogen and oxygen atoms in total. The fraction of sp³-hybridized carbons (Fsp3) is 0.455. The van der Waals surface area contributed by atoms with Gasteiger partial charge in [0.2, 0.25) is 0 Å². The minimum atomic E-state index is -0.271. The molecule has 0 aliphatic rings. The third-order valence-corrected chi connectivity index (χ3v) is 2.41. The van der Waals surface area contributed by atoms with Crippen LogP contribution < -0.4 is 0 Å². The van der Waals surface area contributed by atoms with Crippen molar-refractivity contribution < 1.29 is 5.11 Å². The molecule has 0 saturated carbocycles. The van der Waals surface area contributed by atoms with E-state index in [0.717, 1.165) is 11.0 Å². The molecule has 0 heterocycles. The molecule has 0 radical (unpaired) electrons. The first-order valence-corrected chi connectivity index (χ1v) is 5.48. The molecule has 0 saturated heterocycles. The van der Waals surface area contributed by atoms with Crippen LogP contribution in [-0.4, -0.2) is 29.7 Å². The van der Waals surface area contributed by atoms with Crippen LogP contribution in [0.1, 0.15) is 12.5 Å². The van der Waals surface area contributed by atoms with Gasteiger partial charge in [-0.1, -0.05) is 28.1 Å². The molecule has 0 aliphatic heterocycles. The first-order chi connectivity index (χ1) is 6.58. The summed E-state index contributed by atoms with van der Waals surface area (Å²) >= 11 is 3.44. The molecular weight excluding hydrogens is 242 g/mol. The summed E-state index contributed by atoms with van der Waals surface area (Å²) in [6, 6.07) is 8.22. The standard InChI is InChI=1S/C11H16BrNO/c1-9(14)7-13(2)8-10-4-3-5-11(12)6-10/h3-6,9,14H,7-8H2,1-2H3/t9-/m0/s1. The highest BCUT2D eigenvalue weighted by molar-refractivity contribution is 9.10. The summed E-state index contributed by atoms with van der Waals surface area (Å²) in [4.78, 5) is 2.10. The van der Waals surface area contributed by atoms with E-state index in [9.17, 15) is 5.11 Å². The Balaban J connectivity index is 2.51. The summed E-state index contributed by atoms with van der Waals surface area (Å²) < 4.78 is 1.10. The molecule has 0 bridgehead atoms. The van der Waals surface area contributed by atoms with Crippen molar-refractivity contribution >= 4 is 15.9 Å². The third-order valence-electron chi connectivity index (χ3n) is 1.92. The molecule has 0 fully saturated rings. The fourth-order valence-electron chi connectivity index (χ4n) is 1.46. The van der Waals surface area contributed by atoms with Gasteiger partial charge in [-0.05, 0) is 31.7 Å². The van der Waals surface area contributed by atoms with Crippen molar-refractivity contribution in [3.63, 3.8) is 0 Å². The van der Waals surface area contributed by atoms with E-state index >= 15 is 0 Å². The first-order valence-electron chi connectivity index (χ1n) is 4.69. The molecule has 3 heteroatoms. The van der Waals surface area contributed by atoms with E-state index in [0.29, 0.717) is 6.54 Å². The van der Waals surface area contributed by atoms with Crippen molar-refractivity contribution in [2.75, 3.05) is 13.6 Å². The van der Waals surface area contributed by atoms with Crippen molar-refractivity contribution in [1.29, 1.82) is 0 Å². The Bertz CT molecular complexity index is 288. The molecule has 1 aromatic carbocycles. The second-order valence-electron chi connectivity index (χ2n) is 3.68. The van der Waals surface area contributed by atoms with Gasteiger partial charge in [-0.25, -0.2) is 0 Å². The Morgan fingerprint density at radius 1 is 1.50 bits per heavy atom. The highest BCUT2D eigenvalue weighted by Crippen LogP contribution is 2.12.